The molecule has 0 aliphatic carbocycles. The van der Waals surface area contributed by atoms with E-state index in [1.165, 1.54) is 4.90 Å². The van der Waals surface area contributed by atoms with Gasteiger partial charge in [-0.25, -0.2) is 0 Å². The van der Waals surface area contributed by atoms with Gasteiger partial charge in [0.2, 0.25) is 0 Å². The van der Waals surface area contributed by atoms with Crippen molar-refractivity contribution in [1.29, 1.82) is 0 Å². The number of rotatable bonds is 12. The third-order valence-corrected chi connectivity index (χ3v) is 2.49. The maximum absolute atomic E-state index is 10.7. The van der Waals surface area contributed by atoms with Crippen LogP contribution in [0, 0.1) is 0 Å². The lowest BCUT2D eigenvalue weighted by atomic mass is 10.3. The molecule has 10 heteroatoms. The zero-order valence-electron chi connectivity index (χ0n) is 11.4. The molecular formula is C11H20N2O8. The second kappa shape index (κ2) is 10.0. The van der Waals surface area contributed by atoms with Crippen LogP contribution < -0.4 is 0 Å². The number of nitrogens with zero attached hydrogens (tertiary/aromatic N) is 2. The highest BCUT2D eigenvalue weighted by atomic mass is 16.4. The molecule has 21 heavy (non-hydrogen) atoms. The van der Waals surface area contributed by atoms with Gasteiger partial charge in [0.15, 0.2) is 0 Å². The molecule has 0 rings (SSSR count). The molecular weight excluding hydrogens is 288 g/mol. The molecule has 0 heterocycles. The fourth-order valence-electron chi connectivity index (χ4n) is 1.66. The predicted molar refractivity (Wildman–Crippen MR) is 68.9 cm³/mol. The summed E-state index contributed by atoms with van der Waals surface area (Å²) in [4.78, 5) is 34.4. The molecule has 122 valence electrons. The quantitative estimate of drug-likeness (QED) is 0.255. The van der Waals surface area contributed by atoms with Gasteiger partial charge < -0.3 is 25.5 Å². The van der Waals surface area contributed by atoms with E-state index >= 15 is 0 Å². The van der Waals surface area contributed by atoms with Crippen LogP contribution in [0.15, 0.2) is 0 Å². The summed E-state index contributed by atoms with van der Waals surface area (Å²) in [5, 5.41) is 44.1. The summed E-state index contributed by atoms with van der Waals surface area (Å²) in [6, 6.07) is 0. The third kappa shape index (κ3) is 10.7. The van der Waals surface area contributed by atoms with Crippen molar-refractivity contribution < 1.29 is 39.9 Å². The van der Waals surface area contributed by atoms with Crippen molar-refractivity contribution in [1.82, 2.24) is 9.80 Å². The average molecular weight is 308 g/mol. The molecule has 0 aliphatic heterocycles. The topological polar surface area (TPSA) is 159 Å². The van der Waals surface area contributed by atoms with E-state index in [1.807, 2.05) is 0 Å². The highest BCUT2D eigenvalue weighted by molar-refractivity contribution is 5.72. The zero-order chi connectivity index (χ0) is 16.4. The Labute approximate surface area is 120 Å². The SMILES string of the molecule is O=C(O)CN(CCN(CC(=O)O)CC(O)CO)CC(=O)O. The lowest BCUT2D eigenvalue weighted by molar-refractivity contribution is -0.143. The predicted octanol–water partition coefficient (Wildman–Crippen LogP) is -2.80. The van der Waals surface area contributed by atoms with Crippen LogP contribution in [0.3, 0.4) is 0 Å². The number of aliphatic carboxylic acids is 3. The third-order valence-electron chi connectivity index (χ3n) is 2.49. The van der Waals surface area contributed by atoms with Gasteiger partial charge in [0.25, 0.3) is 0 Å². The Morgan fingerprint density at radius 3 is 1.57 bits per heavy atom. The Hall–Kier alpha value is -1.75. The lowest BCUT2D eigenvalue weighted by Gasteiger charge is -2.26. The van der Waals surface area contributed by atoms with Crippen LogP contribution in [0.25, 0.3) is 0 Å². The van der Waals surface area contributed by atoms with Crippen molar-refractivity contribution in [3.05, 3.63) is 0 Å². The number of carboxylic acids is 3. The molecule has 0 saturated heterocycles. The van der Waals surface area contributed by atoms with Crippen LogP contribution in [-0.2, 0) is 14.4 Å². The Morgan fingerprint density at radius 1 is 0.810 bits per heavy atom. The van der Waals surface area contributed by atoms with Gasteiger partial charge >= 0.3 is 17.9 Å². The van der Waals surface area contributed by atoms with Gasteiger partial charge in [-0.15, -0.1) is 0 Å². The Morgan fingerprint density at radius 2 is 1.19 bits per heavy atom. The zero-order valence-corrected chi connectivity index (χ0v) is 11.4. The molecule has 0 aliphatic rings. The molecule has 0 aromatic heterocycles. The van der Waals surface area contributed by atoms with E-state index in [-0.39, 0.29) is 19.6 Å². The van der Waals surface area contributed by atoms with E-state index in [4.69, 9.17) is 20.4 Å². The van der Waals surface area contributed by atoms with E-state index in [2.05, 4.69) is 0 Å². The second-order valence-electron chi connectivity index (χ2n) is 4.46. The van der Waals surface area contributed by atoms with Gasteiger partial charge in [-0.05, 0) is 0 Å². The number of hydrogen-bond acceptors (Lipinski definition) is 7. The van der Waals surface area contributed by atoms with Gasteiger partial charge in [-0.2, -0.15) is 0 Å². The Bertz CT molecular complexity index is 346. The first kappa shape index (κ1) is 19.2. The molecule has 0 amide bonds. The van der Waals surface area contributed by atoms with Crippen LogP contribution in [0.4, 0.5) is 0 Å². The van der Waals surface area contributed by atoms with Gasteiger partial charge in [0.05, 0.1) is 32.3 Å². The van der Waals surface area contributed by atoms with Crippen LogP contribution >= 0.6 is 0 Å². The summed E-state index contributed by atoms with van der Waals surface area (Å²) < 4.78 is 0. The maximum atomic E-state index is 10.7. The highest BCUT2D eigenvalue weighted by Crippen LogP contribution is 1.96. The molecule has 1 atom stereocenters. The minimum Gasteiger partial charge on any atom is -0.480 e. The van der Waals surface area contributed by atoms with E-state index in [1.54, 1.807) is 0 Å². The molecule has 5 N–H and O–H groups in total. The summed E-state index contributed by atoms with van der Waals surface area (Å²) in [5.41, 5.74) is 0. The molecule has 0 spiro atoms. The smallest absolute Gasteiger partial charge is 0.317 e. The van der Waals surface area contributed by atoms with Gasteiger partial charge in [-0.1, -0.05) is 0 Å². The van der Waals surface area contributed by atoms with E-state index < -0.39 is 50.3 Å². The monoisotopic (exact) mass is 308 g/mol. The fourth-order valence-corrected chi connectivity index (χ4v) is 1.66. The van der Waals surface area contributed by atoms with Crippen LogP contribution in [0.2, 0.25) is 0 Å². The summed E-state index contributed by atoms with van der Waals surface area (Å²) in [6.07, 6.45) is -1.13. The minimum atomic E-state index is -1.20. The van der Waals surface area contributed by atoms with E-state index in [0.717, 1.165) is 4.90 Å². The molecule has 0 bridgehead atoms. The first-order valence-corrected chi connectivity index (χ1v) is 6.13. The largest absolute Gasteiger partial charge is 0.480 e. The first-order valence-electron chi connectivity index (χ1n) is 6.13. The Kier molecular flexibility index (Phi) is 9.21. The minimum absolute atomic E-state index is 0.00400. The molecule has 0 fully saturated rings. The van der Waals surface area contributed by atoms with Gasteiger partial charge in [0.1, 0.15) is 0 Å². The van der Waals surface area contributed by atoms with E-state index in [9.17, 15) is 19.5 Å². The average Bonchev–Trinajstić information content (AvgIpc) is 2.33. The van der Waals surface area contributed by atoms with Gasteiger partial charge in [-0.3, -0.25) is 24.2 Å². The fraction of sp³-hybridized carbons (Fsp3) is 0.727. The number of aliphatic hydroxyl groups is 2. The standard InChI is InChI=1S/C11H20N2O8/c14-7-8(15)3-12(4-9(16)17)1-2-13(5-10(18)19)6-11(20)21/h8,14-15H,1-7H2,(H,16,17)(H,18,19)(H,20,21). The lowest BCUT2D eigenvalue weighted by Crippen LogP contribution is -2.44. The molecule has 1 unspecified atom stereocenters. The van der Waals surface area contributed by atoms with E-state index in [0.29, 0.717) is 0 Å². The normalized spacial score (nSPS) is 12.6. The second-order valence-corrected chi connectivity index (χ2v) is 4.46. The van der Waals surface area contributed by atoms with Crippen molar-refractivity contribution in [2.45, 2.75) is 6.10 Å². The number of carbonyl (C=O) groups is 3. The van der Waals surface area contributed by atoms with Crippen molar-refractivity contribution in [3.63, 3.8) is 0 Å². The van der Waals surface area contributed by atoms with Crippen molar-refractivity contribution in [2.75, 3.05) is 45.9 Å². The molecule has 0 saturated carbocycles. The van der Waals surface area contributed by atoms with Crippen molar-refractivity contribution in [2.24, 2.45) is 0 Å². The number of hydrogen-bond donors (Lipinski definition) is 5. The summed E-state index contributed by atoms with van der Waals surface area (Å²) in [7, 11) is 0. The van der Waals surface area contributed by atoms with Crippen molar-refractivity contribution >= 4 is 17.9 Å². The van der Waals surface area contributed by atoms with Crippen LogP contribution in [-0.4, -0.2) is 105 Å². The summed E-state index contributed by atoms with van der Waals surface area (Å²) in [6.45, 7) is -1.99. The number of carboxylic acid groups (broad SMARTS) is 3. The van der Waals surface area contributed by atoms with Crippen LogP contribution in [0.5, 0.6) is 0 Å². The highest BCUT2D eigenvalue weighted by Gasteiger charge is 2.18. The molecule has 0 aromatic rings. The van der Waals surface area contributed by atoms with Gasteiger partial charge in [0, 0.05) is 19.6 Å². The molecule has 10 nitrogen and oxygen atoms in total. The first-order chi connectivity index (χ1) is 9.74. The number of aliphatic hydroxyl groups excluding tert-OH is 2. The van der Waals surface area contributed by atoms with Crippen LogP contribution in [0.1, 0.15) is 0 Å². The maximum Gasteiger partial charge on any atom is 0.317 e. The molecule has 0 radical (unpaired) electrons. The molecule has 0 aromatic carbocycles. The summed E-state index contributed by atoms with van der Waals surface area (Å²) in [5.74, 6) is -3.55. The summed E-state index contributed by atoms with van der Waals surface area (Å²) >= 11 is 0. The Balaban J connectivity index is 4.53. The van der Waals surface area contributed by atoms with Crippen molar-refractivity contribution in [3.8, 4) is 0 Å².